The maximum Gasteiger partial charge on any atom is 0.271 e. The van der Waals surface area contributed by atoms with Crippen molar-refractivity contribution in [2.75, 3.05) is 0 Å². The van der Waals surface area contributed by atoms with Crippen LogP contribution in [0.2, 0.25) is 0 Å². The third-order valence-electron chi connectivity index (χ3n) is 10.3. The molecule has 0 N–H and O–H groups in total. The molecule has 6 nitrogen and oxygen atoms in total. The average molecular weight is 758 g/mol. The molecular formula is C51H55N5O. The van der Waals surface area contributed by atoms with Crippen LogP contribution in [-0.4, -0.2) is 19.1 Å². The fourth-order valence-electron chi connectivity index (χ4n) is 7.50. The van der Waals surface area contributed by atoms with E-state index in [1.165, 1.54) is 5.56 Å². The SMILES string of the molecule is [2H]C([2H])(c1cc(-[n+]2[c-]n(-c3cc(Oc4ccc5c6ccccc6n(-c6cc(C(C)(C)C)ccn6)c5c4)ccn3)c3cc(C(C)(C)C)ccc32)cc(C([2H])([2H])C(C)C)c1)C(C)C. The Labute approximate surface area is 343 Å². The lowest BCUT2D eigenvalue weighted by Gasteiger charge is -2.20. The van der Waals surface area contributed by atoms with Crippen molar-refractivity contribution < 1.29 is 14.8 Å². The molecule has 0 spiro atoms. The van der Waals surface area contributed by atoms with Gasteiger partial charge in [0, 0.05) is 40.8 Å². The molecule has 0 aliphatic rings. The van der Waals surface area contributed by atoms with E-state index < -0.39 is 12.7 Å². The van der Waals surface area contributed by atoms with Gasteiger partial charge in [-0.3, -0.25) is 18.7 Å². The van der Waals surface area contributed by atoms with Crippen LogP contribution in [0.25, 0.3) is 50.2 Å². The first-order chi connectivity index (χ1) is 28.6. The lowest BCUT2D eigenvalue weighted by atomic mass is 9.87. The van der Waals surface area contributed by atoms with Gasteiger partial charge in [-0.15, -0.1) is 0 Å². The number of hydrogen-bond donors (Lipinski definition) is 0. The summed E-state index contributed by atoms with van der Waals surface area (Å²) in [4.78, 5) is 9.67. The summed E-state index contributed by atoms with van der Waals surface area (Å²) in [5, 5.41) is 2.23. The number of rotatable bonds is 9. The smallest absolute Gasteiger partial charge is 0.271 e. The molecule has 8 rings (SSSR count). The zero-order valence-electron chi connectivity index (χ0n) is 38.8. The molecule has 0 unspecified atom stereocenters. The average Bonchev–Trinajstić information content (AvgIpc) is 3.76. The Morgan fingerprint density at radius 1 is 0.632 bits per heavy atom. The van der Waals surface area contributed by atoms with Crippen LogP contribution in [0.4, 0.5) is 0 Å². The van der Waals surface area contributed by atoms with Crippen molar-refractivity contribution in [3.05, 3.63) is 144 Å². The second-order valence-corrected chi connectivity index (χ2v) is 17.7. The fraction of sp³-hybridized carbons (Fsp3) is 0.314. The molecule has 0 bridgehead atoms. The van der Waals surface area contributed by atoms with Crippen LogP contribution in [0.15, 0.2) is 116 Å². The number of ether oxygens (including phenoxy) is 1. The molecule has 0 saturated heterocycles. The van der Waals surface area contributed by atoms with Gasteiger partial charge in [-0.2, -0.15) is 0 Å². The summed E-state index contributed by atoms with van der Waals surface area (Å²) in [5.74, 6) is 2.01. The van der Waals surface area contributed by atoms with Crippen molar-refractivity contribution in [2.24, 2.45) is 11.8 Å². The van der Waals surface area contributed by atoms with Gasteiger partial charge < -0.3 is 4.74 Å². The first kappa shape index (κ1) is 33.4. The Hall–Kier alpha value is -5.75. The molecule has 290 valence electrons. The molecule has 6 heteroatoms. The van der Waals surface area contributed by atoms with Gasteiger partial charge in [-0.05, 0) is 101 Å². The molecule has 0 atom stereocenters. The van der Waals surface area contributed by atoms with Gasteiger partial charge in [0.25, 0.3) is 6.33 Å². The van der Waals surface area contributed by atoms with E-state index in [1.807, 2.05) is 73.4 Å². The van der Waals surface area contributed by atoms with Crippen LogP contribution < -0.4 is 9.30 Å². The second kappa shape index (κ2) is 14.6. The zero-order valence-corrected chi connectivity index (χ0v) is 34.8. The highest BCUT2D eigenvalue weighted by molar-refractivity contribution is 6.09. The maximum atomic E-state index is 9.06. The first-order valence-corrected chi connectivity index (χ1v) is 20.0. The van der Waals surface area contributed by atoms with Gasteiger partial charge in [-0.1, -0.05) is 117 Å². The molecule has 4 aromatic heterocycles. The number of nitrogens with zero attached hydrogens (tertiary/aromatic N) is 5. The summed E-state index contributed by atoms with van der Waals surface area (Å²) in [5.41, 5.74) is 7.32. The quantitative estimate of drug-likeness (QED) is 0.109. The van der Waals surface area contributed by atoms with Gasteiger partial charge in [0.2, 0.25) is 0 Å². The Morgan fingerprint density at radius 3 is 1.96 bits per heavy atom. The molecule has 0 amide bonds. The van der Waals surface area contributed by atoms with Gasteiger partial charge in [0.1, 0.15) is 17.3 Å². The first-order valence-electron chi connectivity index (χ1n) is 22.0. The number of fused-ring (bicyclic) bond motifs is 4. The minimum Gasteiger partial charge on any atom is -0.458 e. The fourth-order valence-corrected chi connectivity index (χ4v) is 7.50. The summed E-state index contributed by atoms with van der Waals surface area (Å²) in [7, 11) is 0. The minimum absolute atomic E-state index is 0.0417. The van der Waals surface area contributed by atoms with E-state index in [4.69, 9.17) is 20.2 Å². The Morgan fingerprint density at radius 2 is 1.26 bits per heavy atom. The third-order valence-corrected chi connectivity index (χ3v) is 10.3. The summed E-state index contributed by atoms with van der Waals surface area (Å²) in [6, 6.07) is 34.2. The predicted molar refractivity (Wildman–Crippen MR) is 235 cm³/mol. The summed E-state index contributed by atoms with van der Waals surface area (Å²) in [6.07, 6.45) is 3.76. The van der Waals surface area contributed by atoms with Gasteiger partial charge in [0.15, 0.2) is 5.82 Å². The molecule has 0 aliphatic carbocycles. The van der Waals surface area contributed by atoms with E-state index in [0.717, 1.165) is 44.2 Å². The van der Waals surface area contributed by atoms with Crippen LogP contribution in [0.3, 0.4) is 0 Å². The van der Waals surface area contributed by atoms with Gasteiger partial charge in [-0.25, -0.2) is 4.98 Å². The van der Waals surface area contributed by atoms with Crippen molar-refractivity contribution >= 4 is 32.8 Å². The van der Waals surface area contributed by atoms with E-state index in [9.17, 15) is 0 Å². The minimum atomic E-state index is -1.70. The van der Waals surface area contributed by atoms with E-state index >= 15 is 0 Å². The topological polar surface area (TPSA) is 48.8 Å². The van der Waals surface area contributed by atoms with E-state index in [-0.39, 0.29) is 22.7 Å². The van der Waals surface area contributed by atoms with Crippen LogP contribution in [0, 0.1) is 18.2 Å². The van der Waals surface area contributed by atoms with Crippen molar-refractivity contribution in [1.29, 1.82) is 0 Å². The number of hydrogen-bond acceptors (Lipinski definition) is 3. The maximum absolute atomic E-state index is 9.06. The normalized spacial score (nSPS) is 14.0. The predicted octanol–water partition coefficient (Wildman–Crippen LogP) is 12.4. The second-order valence-electron chi connectivity index (χ2n) is 17.7. The molecule has 0 saturated carbocycles. The highest BCUT2D eigenvalue weighted by atomic mass is 16.5. The van der Waals surface area contributed by atoms with Crippen LogP contribution in [0.5, 0.6) is 11.5 Å². The van der Waals surface area contributed by atoms with Crippen molar-refractivity contribution in [1.82, 2.24) is 19.1 Å². The zero-order chi connectivity index (χ0) is 43.8. The molecule has 57 heavy (non-hydrogen) atoms. The van der Waals surface area contributed by atoms with Crippen LogP contribution in [0.1, 0.15) is 97.0 Å². The number of imidazole rings is 1. The Bertz CT molecular complexity index is 2910. The van der Waals surface area contributed by atoms with Gasteiger partial charge >= 0.3 is 0 Å². The van der Waals surface area contributed by atoms with Crippen LogP contribution in [-0.2, 0) is 23.6 Å². The molecule has 4 heterocycles. The van der Waals surface area contributed by atoms with E-state index in [2.05, 4.69) is 119 Å². The summed E-state index contributed by atoms with van der Waals surface area (Å²) < 4.78 is 48.9. The molecule has 0 fully saturated rings. The van der Waals surface area contributed by atoms with E-state index in [0.29, 0.717) is 34.1 Å². The summed E-state index contributed by atoms with van der Waals surface area (Å²) in [6.45, 7) is 20.6. The van der Waals surface area contributed by atoms with E-state index in [1.54, 1.807) is 12.3 Å². The standard InChI is InChI=1S/C51H55N5O/c1-33(2)23-35-25-36(24-34(3)4)27-39(26-35)54-32-55(47-28-37(50(5,6)7)15-18-45(47)54)48-31-41(20-22-52-48)57-40-16-17-43-42-13-11-12-14-44(42)56(46(43)30-40)49-29-38(19-21-53-49)51(8,9)10/h11-22,25-31,33-34H,23-24H2,1-10H3/i23D2,24D2. The number of aromatic nitrogens is 5. The van der Waals surface area contributed by atoms with Crippen LogP contribution >= 0.6 is 0 Å². The molecular weight excluding hydrogens is 699 g/mol. The largest absolute Gasteiger partial charge is 0.458 e. The van der Waals surface area contributed by atoms with Crippen molar-refractivity contribution in [3.63, 3.8) is 0 Å². The molecule has 0 radical (unpaired) electrons. The third kappa shape index (κ3) is 7.70. The highest BCUT2D eigenvalue weighted by Crippen LogP contribution is 2.36. The summed E-state index contributed by atoms with van der Waals surface area (Å²) >= 11 is 0. The number of para-hydroxylation sites is 1. The van der Waals surface area contributed by atoms with Gasteiger partial charge in [0.05, 0.1) is 27.8 Å². The Balaban J connectivity index is 1.26. The van der Waals surface area contributed by atoms with Crippen molar-refractivity contribution in [2.45, 2.75) is 92.8 Å². The highest BCUT2D eigenvalue weighted by Gasteiger charge is 2.21. The van der Waals surface area contributed by atoms with Crippen molar-refractivity contribution in [3.8, 4) is 28.8 Å². The molecule has 0 aliphatic heterocycles. The lowest BCUT2D eigenvalue weighted by Crippen LogP contribution is -2.30. The molecule has 8 aromatic rings. The number of pyridine rings is 2. The Kier molecular flexibility index (Phi) is 8.58. The number of benzene rings is 4. The monoisotopic (exact) mass is 757 g/mol. The molecule has 4 aromatic carbocycles. The lowest BCUT2D eigenvalue weighted by molar-refractivity contribution is -0.572.